The first kappa shape index (κ1) is 14.8. The molecule has 2 aliphatic heterocycles. The van der Waals surface area contributed by atoms with Gasteiger partial charge in [-0.1, -0.05) is 12.8 Å². The normalized spacial score (nSPS) is 41.7. The first-order chi connectivity index (χ1) is 9.77. The fourth-order valence-electron chi connectivity index (χ4n) is 4.46. The minimum atomic E-state index is -0.380. The van der Waals surface area contributed by atoms with E-state index in [1.165, 1.54) is 38.5 Å². The van der Waals surface area contributed by atoms with Crippen molar-refractivity contribution < 1.29 is 10.2 Å². The Kier molecular flexibility index (Phi) is 4.97. The van der Waals surface area contributed by atoms with Gasteiger partial charge in [-0.05, 0) is 64.7 Å². The van der Waals surface area contributed by atoms with Crippen LogP contribution < -0.4 is 0 Å². The number of nitrogens with zero attached hydrogens (tertiary/aromatic N) is 2. The van der Waals surface area contributed by atoms with Gasteiger partial charge in [-0.2, -0.15) is 0 Å². The monoisotopic (exact) mass is 282 g/mol. The molecule has 2 heterocycles. The second kappa shape index (κ2) is 6.73. The number of aliphatic hydroxyl groups is 2. The molecule has 0 aromatic heterocycles. The van der Waals surface area contributed by atoms with Crippen LogP contribution in [-0.4, -0.2) is 70.5 Å². The molecule has 0 spiro atoms. The highest BCUT2D eigenvalue weighted by molar-refractivity contribution is 4.98. The minimum Gasteiger partial charge on any atom is -0.391 e. The van der Waals surface area contributed by atoms with Crippen molar-refractivity contribution in [3.05, 3.63) is 0 Å². The first-order valence-electron chi connectivity index (χ1n) is 8.61. The summed E-state index contributed by atoms with van der Waals surface area (Å²) in [5.41, 5.74) is 0. The van der Waals surface area contributed by atoms with E-state index in [0.717, 1.165) is 39.0 Å². The molecule has 4 nitrogen and oxygen atoms in total. The third-order valence-corrected chi connectivity index (χ3v) is 5.57. The molecule has 0 radical (unpaired) electrons. The number of aliphatic hydroxyl groups excluding tert-OH is 2. The Hall–Kier alpha value is -0.160. The number of hydrogen-bond acceptors (Lipinski definition) is 4. The van der Waals surface area contributed by atoms with Gasteiger partial charge in [-0.15, -0.1) is 0 Å². The maximum atomic E-state index is 10.9. The first-order valence-corrected chi connectivity index (χ1v) is 8.61. The lowest BCUT2D eigenvalue weighted by Gasteiger charge is -2.49. The number of piperidine rings is 2. The summed E-state index contributed by atoms with van der Waals surface area (Å²) in [5, 5.41) is 21.2. The molecule has 4 unspecified atom stereocenters. The Bertz CT molecular complexity index is 301. The fourth-order valence-corrected chi connectivity index (χ4v) is 4.46. The molecule has 1 saturated carbocycles. The van der Waals surface area contributed by atoms with Crippen molar-refractivity contribution in [2.75, 3.05) is 26.2 Å². The van der Waals surface area contributed by atoms with E-state index in [1.54, 1.807) is 0 Å². The van der Waals surface area contributed by atoms with Crippen molar-refractivity contribution in [3.8, 4) is 0 Å². The summed E-state index contributed by atoms with van der Waals surface area (Å²) < 4.78 is 0. The highest BCUT2D eigenvalue weighted by Gasteiger charge is 2.43. The number of likely N-dealkylation sites (tertiary alicyclic amines) is 2. The van der Waals surface area contributed by atoms with E-state index < -0.39 is 0 Å². The zero-order valence-electron chi connectivity index (χ0n) is 12.6. The van der Waals surface area contributed by atoms with E-state index in [1.807, 2.05) is 0 Å². The van der Waals surface area contributed by atoms with E-state index in [4.69, 9.17) is 0 Å². The Morgan fingerprint density at radius 3 is 1.80 bits per heavy atom. The van der Waals surface area contributed by atoms with E-state index in [2.05, 4.69) is 9.80 Å². The average Bonchev–Trinajstić information content (AvgIpc) is 2.49. The van der Waals surface area contributed by atoms with Crippen molar-refractivity contribution in [1.29, 1.82) is 0 Å². The third kappa shape index (κ3) is 3.03. The summed E-state index contributed by atoms with van der Waals surface area (Å²) >= 11 is 0. The zero-order chi connectivity index (χ0) is 13.9. The Morgan fingerprint density at radius 2 is 1.20 bits per heavy atom. The summed E-state index contributed by atoms with van der Waals surface area (Å²) in [6.45, 7) is 4.35. The maximum absolute atomic E-state index is 10.9. The predicted octanol–water partition coefficient (Wildman–Crippen LogP) is 1.21. The van der Waals surface area contributed by atoms with Gasteiger partial charge in [0.15, 0.2) is 0 Å². The van der Waals surface area contributed by atoms with E-state index >= 15 is 0 Å². The standard InChI is InChI=1S/C16H30N2O2/c19-14-8-7-13(17-9-3-1-4-10-17)16(20)15(14)18-11-5-2-6-12-18/h13-16,19-20H,1-12H2. The van der Waals surface area contributed by atoms with Crippen LogP contribution in [0.3, 0.4) is 0 Å². The summed E-state index contributed by atoms with van der Waals surface area (Å²) in [6, 6.07) is 0.238. The highest BCUT2D eigenvalue weighted by atomic mass is 16.3. The zero-order valence-corrected chi connectivity index (χ0v) is 12.6. The smallest absolute Gasteiger partial charge is 0.0875 e. The average molecular weight is 282 g/mol. The van der Waals surface area contributed by atoms with Crippen LogP contribution in [0.4, 0.5) is 0 Å². The van der Waals surface area contributed by atoms with Gasteiger partial charge in [-0.25, -0.2) is 0 Å². The van der Waals surface area contributed by atoms with E-state index in [-0.39, 0.29) is 24.3 Å². The number of rotatable bonds is 2. The van der Waals surface area contributed by atoms with Gasteiger partial charge in [0, 0.05) is 6.04 Å². The van der Waals surface area contributed by atoms with Crippen LogP contribution in [0.1, 0.15) is 51.4 Å². The van der Waals surface area contributed by atoms with Gasteiger partial charge in [0.2, 0.25) is 0 Å². The predicted molar refractivity (Wildman–Crippen MR) is 79.7 cm³/mol. The molecule has 20 heavy (non-hydrogen) atoms. The van der Waals surface area contributed by atoms with Crippen molar-refractivity contribution >= 4 is 0 Å². The molecule has 0 aromatic rings. The lowest BCUT2D eigenvalue weighted by atomic mass is 9.82. The molecule has 0 amide bonds. The SMILES string of the molecule is OC1CCC(N2CCCCC2)C(O)C1N1CCCCC1. The van der Waals surface area contributed by atoms with Gasteiger partial charge in [-0.3, -0.25) is 9.80 Å². The molecular weight excluding hydrogens is 252 g/mol. The van der Waals surface area contributed by atoms with Gasteiger partial charge >= 0.3 is 0 Å². The Balaban J connectivity index is 1.67. The van der Waals surface area contributed by atoms with Crippen LogP contribution in [-0.2, 0) is 0 Å². The fraction of sp³-hybridized carbons (Fsp3) is 1.00. The molecule has 1 aliphatic carbocycles. The lowest BCUT2D eigenvalue weighted by Crippen LogP contribution is -2.63. The minimum absolute atomic E-state index is 0.0315. The second-order valence-corrected chi connectivity index (χ2v) is 6.89. The molecule has 3 rings (SSSR count). The van der Waals surface area contributed by atoms with Crippen LogP contribution in [0.5, 0.6) is 0 Å². The molecule has 0 bridgehead atoms. The van der Waals surface area contributed by atoms with Gasteiger partial charge < -0.3 is 10.2 Å². The van der Waals surface area contributed by atoms with Crippen LogP contribution in [0.2, 0.25) is 0 Å². The maximum Gasteiger partial charge on any atom is 0.0875 e. The van der Waals surface area contributed by atoms with Crippen molar-refractivity contribution in [3.63, 3.8) is 0 Å². The van der Waals surface area contributed by atoms with Crippen molar-refractivity contribution in [2.24, 2.45) is 0 Å². The Labute approximate surface area is 122 Å². The molecule has 3 aliphatic rings. The van der Waals surface area contributed by atoms with Crippen molar-refractivity contribution in [2.45, 2.75) is 75.7 Å². The van der Waals surface area contributed by atoms with E-state index in [0.29, 0.717) is 0 Å². The summed E-state index contributed by atoms with van der Waals surface area (Å²) in [4.78, 5) is 4.84. The molecule has 3 fully saturated rings. The van der Waals surface area contributed by atoms with Gasteiger partial charge in [0.1, 0.15) is 0 Å². The molecule has 4 atom stereocenters. The second-order valence-electron chi connectivity index (χ2n) is 6.89. The summed E-state index contributed by atoms with van der Waals surface area (Å²) in [5.74, 6) is 0. The van der Waals surface area contributed by atoms with Crippen LogP contribution in [0.15, 0.2) is 0 Å². The highest BCUT2D eigenvalue weighted by Crippen LogP contribution is 2.30. The molecule has 116 valence electrons. The molecule has 0 aromatic carbocycles. The largest absolute Gasteiger partial charge is 0.391 e. The quantitative estimate of drug-likeness (QED) is 0.799. The summed E-state index contributed by atoms with van der Waals surface area (Å²) in [6.07, 6.45) is 8.66. The molecule has 4 heteroatoms. The van der Waals surface area contributed by atoms with Crippen LogP contribution >= 0.6 is 0 Å². The molecule has 2 saturated heterocycles. The van der Waals surface area contributed by atoms with Gasteiger partial charge in [0.25, 0.3) is 0 Å². The van der Waals surface area contributed by atoms with Crippen LogP contribution in [0, 0.1) is 0 Å². The van der Waals surface area contributed by atoms with E-state index in [9.17, 15) is 10.2 Å². The lowest BCUT2D eigenvalue weighted by molar-refractivity contribution is -0.102. The summed E-state index contributed by atoms with van der Waals surface area (Å²) in [7, 11) is 0. The third-order valence-electron chi connectivity index (χ3n) is 5.57. The van der Waals surface area contributed by atoms with Gasteiger partial charge in [0.05, 0.1) is 18.2 Å². The molecular formula is C16H30N2O2. The Morgan fingerprint density at radius 1 is 0.650 bits per heavy atom. The molecule has 2 N–H and O–H groups in total. The topological polar surface area (TPSA) is 46.9 Å². The number of hydrogen-bond donors (Lipinski definition) is 2. The van der Waals surface area contributed by atoms with Crippen molar-refractivity contribution in [1.82, 2.24) is 9.80 Å². The van der Waals surface area contributed by atoms with Crippen LogP contribution in [0.25, 0.3) is 0 Å².